The van der Waals surface area contributed by atoms with Crippen molar-refractivity contribution in [1.82, 2.24) is 5.32 Å². The summed E-state index contributed by atoms with van der Waals surface area (Å²) in [5.41, 5.74) is 0.261. The van der Waals surface area contributed by atoms with Crippen LogP contribution in [0.5, 0.6) is 5.75 Å². The van der Waals surface area contributed by atoms with Crippen molar-refractivity contribution in [3.05, 3.63) is 65.2 Å². The molecule has 1 fully saturated rings. The second-order valence-corrected chi connectivity index (χ2v) is 6.60. The fraction of sp³-hybridized carbons (Fsp3) is 0.238. The molecule has 2 N–H and O–H groups in total. The number of carbonyl (C=O) groups is 2. The molecule has 2 amide bonds. The number of alkyl halides is 3. The van der Waals surface area contributed by atoms with E-state index in [1.807, 2.05) is 0 Å². The van der Waals surface area contributed by atoms with Crippen LogP contribution in [0.4, 0.5) is 18.9 Å². The van der Waals surface area contributed by atoms with Crippen LogP contribution < -0.4 is 15.4 Å². The zero-order valence-corrected chi connectivity index (χ0v) is 15.5. The van der Waals surface area contributed by atoms with Gasteiger partial charge in [0.05, 0.1) is 23.9 Å². The minimum Gasteiger partial charge on any atom is -0.497 e. The Labute approximate surface area is 165 Å². The molecule has 0 aliphatic heterocycles. The lowest BCUT2D eigenvalue weighted by atomic mass is 10.1. The number of carbonyl (C=O) groups excluding carboxylic acids is 2. The van der Waals surface area contributed by atoms with Crippen molar-refractivity contribution in [3.63, 3.8) is 0 Å². The summed E-state index contributed by atoms with van der Waals surface area (Å²) >= 11 is 0. The van der Waals surface area contributed by atoms with E-state index in [4.69, 9.17) is 4.74 Å². The minimum atomic E-state index is -4.41. The van der Waals surface area contributed by atoms with Gasteiger partial charge in [-0.25, -0.2) is 0 Å². The lowest BCUT2D eigenvalue weighted by molar-refractivity contribution is -0.137. The molecular weight excluding hydrogens is 385 g/mol. The standard InChI is InChI=1S/C21H19F3N2O3/c1-29-16-9-10-18(17(12-16)20(28)25-15-7-8-15)26-19(27)11-4-13-2-5-14(6-3-13)21(22,23)24/h2-6,9-12,15H,7-8H2,1H3,(H,25,28)(H,26,27). The third-order valence-electron chi connectivity index (χ3n) is 4.31. The van der Waals surface area contributed by atoms with E-state index >= 15 is 0 Å². The zero-order chi connectivity index (χ0) is 21.0. The molecule has 2 aromatic rings. The Balaban J connectivity index is 1.71. The van der Waals surface area contributed by atoms with Crippen LogP contribution in [0.3, 0.4) is 0 Å². The first-order valence-corrected chi connectivity index (χ1v) is 8.91. The van der Waals surface area contributed by atoms with Gasteiger partial charge in [-0.1, -0.05) is 12.1 Å². The average Bonchev–Trinajstić information content (AvgIpc) is 3.50. The van der Waals surface area contributed by atoms with Crippen LogP contribution in [-0.4, -0.2) is 25.0 Å². The van der Waals surface area contributed by atoms with Crippen molar-refractivity contribution in [2.45, 2.75) is 25.1 Å². The summed E-state index contributed by atoms with van der Waals surface area (Å²) in [5.74, 6) is -0.354. The van der Waals surface area contributed by atoms with Crippen molar-refractivity contribution < 1.29 is 27.5 Å². The number of amides is 2. The number of anilines is 1. The van der Waals surface area contributed by atoms with E-state index in [2.05, 4.69) is 10.6 Å². The first kappa shape index (κ1) is 20.4. The highest BCUT2D eigenvalue weighted by molar-refractivity contribution is 6.08. The minimum absolute atomic E-state index is 0.150. The number of rotatable bonds is 6. The quantitative estimate of drug-likeness (QED) is 0.707. The van der Waals surface area contributed by atoms with E-state index in [1.165, 1.54) is 37.5 Å². The molecular formula is C21H19F3N2O3. The summed E-state index contributed by atoms with van der Waals surface area (Å²) in [7, 11) is 1.48. The van der Waals surface area contributed by atoms with Crippen molar-refractivity contribution in [2.75, 3.05) is 12.4 Å². The Kier molecular flexibility index (Phi) is 5.91. The van der Waals surface area contributed by atoms with Gasteiger partial charge in [0, 0.05) is 12.1 Å². The van der Waals surface area contributed by atoms with Gasteiger partial charge in [0.15, 0.2) is 0 Å². The molecule has 2 aromatic carbocycles. The molecule has 152 valence electrons. The van der Waals surface area contributed by atoms with Crippen LogP contribution >= 0.6 is 0 Å². The Hall–Kier alpha value is -3.29. The average molecular weight is 404 g/mol. The largest absolute Gasteiger partial charge is 0.497 e. The third-order valence-corrected chi connectivity index (χ3v) is 4.31. The first-order valence-electron chi connectivity index (χ1n) is 8.91. The molecule has 1 saturated carbocycles. The van der Waals surface area contributed by atoms with Crippen molar-refractivity contribution >= 4 is 23.6 Å². The molecule has 29 heavy (non-hydrogen) atoms. The lowest BCUT2D eigenvalue weighted by Crippen LogP contribution is -2.26. The van der Waals surface area contributed by atoms with E-state index in [0.717, 1.165) is 25.0 Å². The molecule has 1 aliphatic rings. The Morgan fingerprint density at radius 1 is 1.10 bits per heavy atom. The lowest BCUT2D eigenvalue weighted by Gasteiger charge is -2.12. The number of benzene rings is 2. The summed E-state index contributed by atoms with van der Waals surface area (Å²) in [6.45, 7) is 0. The highest BCUT2D eigenvalue weighted by Gasteiger charge is 2.29. The molecule has 8 heteroatoms. The van der Waals surface area contributed by atoms with E-state index in [1.54, 1.807) is 12.1 Å². The zero-order valence-electron chi connectivity index (χ0n) is 15.5. The second-order valence-electron chi connectivity index (χ2n) is 6.60. The highest BCUT2D eigenvalue weighted by atomic mass is 19.4. The van der Waals surface area contributed by atoms with Crippen molar-refractivity contribution in [1.29, 1.82) is 0 Å². The Morgan fingerprint density at radius 3 is 2.38 bits per heavy atom. The molecule has 1 aliphatic carbocycles. The van der Waals surface area contributed by atoms with Crippen molar-refractivity contribution in [3.8, 4) is 5.75 Å². The molecule has 0 saturated heterocycles. The summed E-state index contributed by atoms with van der Waals surface area (Å²) < 4.78 is 42.9. The predicted octanol–water partition coefficient (Wildman–Crippen LogP) is 4.26. The number of methoxy groups -OCH3 is 1. The van der Waals surface area contributed by atoms with Gasteiger partial charge in [-0.2, -0.15) is 13.2 Å². The Morgan fingerprint density at radius 2 is 1.79 bits per heavy atom. The molecule has 0 aromatic heterocycles. The van der Waals surface area contributed by atoms with E-state index in [0.29, 0.717) is 17.0 Å². The molecule has 0 atom stereocenters. The second kappa shape index (κ2) is 8.38. The van der Waals surface area contributed by atoms with Gasteiger partial charge in [0.2, 0.25) is 5.91 Å². The SMILES string of the molecule is COc1ccc(NC(=O)C=Cc2ccc(C(F)(F)F)cc2)c(C(=O)NC2CC2)c1. The molecule has 0 spiro atoms. The number of nitrogens with one attached hydrogen (secondary N) is 2. The smallest absolute Gasteiger partial charge is 0.416 e. The number of halogens is 3. The molecule has 0 bridgehead atoms. The number of ether oxygens (including phenoxy) is 1. The normalized spacial score (nSPS) is 13.9. The molecule has 0 heterocycles. The fourth-order valence-corrected chi connectivity index (χ4v) is 2.57. The summed E-state index contributed by atoms with van der Waals surface area (Å²) in [6.07, 6.45) is 0.0182. The molecule has 0 radical (unpaired) electrons. The van der Waals surface area contributed by atoms with Crippen LogP contribution in [0.15, 0.2) is 48.5 Å². The summed E-state index contributed by atoms with van der Waals surface area (Å²) in [5, 5.41) is 5.47. The maximum absolute atomic E-state index is 12.6. The number of hydrogen-bond acceptors (Lipinski definition) is 3. The van der Waals surface area contributed by atoms with Crippen LogP contribution in [-0.2, 0) is 11.0 Å². The van der Waals surface area contributed by atoms with Gasteiger partial charge in [0.25, 0.3) is 5.91 Å². The third kappa shape index (κ3) is 5.60. The monoisotopic (exact) mass is 404 g/mol. The first-order chi connectivity index (χ1) is 13.8. The van der Waals surface area contributed by atoms with Gasteiger partial charge >= 0.3 is 6.18 Å². The Bertz CT molecular complexity index is 933. The predicted molar refractivity (Wildman–Crippen MR) is 103 cm³/mol. The van der Waals surface area contributed by atoms with Crippen LogP contribution in [0.25, 0.3) is 6.08 Å². The maximum Gasteiger partial charge on any atom is 0.416 e. The van der Waals surface area contributed by atoms with Gasteiger partial charge in [0.1, 0.15) is 5.75 Å². The highest BCUT2D eigenvalue weighted by Crippen LogP contribution is 2.29. The van der Waals surface area contributed by atoms with Crippen LogP contribution in [0.2, 0.25) is 0 Å². The van der Waals surface area contributed by atoms with Gasteiger partial charge in [-0.05, 0) is 54.8 Å². The summed E-state index contributed by atoms with van der Waals surface area (Å²) in [4.78, 5) is 24.7. The molecule has 3 rings (SSSR count). The van der Waals surface area contributed by atoms with Crippen LogP contribution in [0.1, 0.15) is 34.3 Å². The van der Waals surface area contributed by atoms with Gasteiger partial charge in [-0.3, -0.25) is 9.59 Å². The topological polar surface area (TPSA) is 67.4 Å². The van der Waals surface area contributed by atoms with Gasteiger partial charge in [-0.15, -0.1) is 0 Å². The van der Waals surface area contributed by atoms with E-state index in [9.17, 15) is 22.8 Å². The fourth-order valence-electron chi connectivity index (χ4n) is 2.57. The number of hydrogen-bond donors (Lipinski definition) is 2. The summed E-state index contributed by atoms with van der Waals surface area (Å²) in [6, 6.07) is 9.29. The maximum atomic E-state index is 12.6. The molecule has 5 nitrogen and oxygen atoms in total. The van der Waals surface area contributed by atoms with Gasteiger partial charge < -0.3 is 15.4 Å². The molecule has 0 unspecified atom stereocenters. The van der Waals surface area contributed by atoms with E-state index in [-0.39, 0.29) is 17.5 Å². The van der Waals surface area contributed by atoms with Crippen molar-refractivity contribution in [2.24, 2.45) is 0 Å². The van der Waals surface area contributed by atoms with Crippen LogP contribution in [0, 0.1) is 0 Å². The van der Waals surface area contributed by atoms with E-state index < -0.39 is 17.6 Å².